The van der Waals surface area contributed by atoms with E-state index in [1.165, 1.54) is 0 Å². The minimum Gasteiger partial charge on any atom is -0.458 e. The largest absolute Gasteiger partial charge is 0.458 e. The minimum atomic E-state index is -0.447. The monoisotopic (exact) mass is 266 g/mol. The number of aliphatic hydroxyl groups excluding tert-OH is 2. The Morgan fingerprint density at radius 3 is 2.79 bits per heavy atom. The predicted molar refractivity (Wildman–Crippen MR) is 69.2 cm³/mol. The van der Waals surface area contributed by atoms with E-state index in [1.807, 2.05) is 6.92 Å². The molecule has 0 aromatic carbocycles. The van der Waals surface area contributed by atoms with E-state index in [0.29, 0.717) is 13.0 Å². The highest BCUT2D eigenvalue weighted by atomic mass is 16.5. The van der Waals surface area contributed by atoms with Gasteiger partial charge in [0.25, 0.3) is 0 Å². The third-order valence-corrected chi connectivity index (χ3v) is 5.90. The molecule has 4 nitrogen and oxygen atoms in total. The van der Waals surface area contributed by atoms with Gasteiger partial charge in [0.15, 0.2) is 0 Å². The fraction of sp³-hybridized carbons (Fsp3) is 0.800. The van der Waals surface area contributed by atoms with Crippen molar-refractivity contribution in [1.29, 1.82) is 0 Å². The summed E-state index contributed by atoms with van der Waals surface area (Å²) in [7, 11) is 0. The Hall–Kier alpha value is -0.870. The molecule has 1 fully saturated rings. The lowest BCUT2D eigenvalue weighted by molar-refractivity contribution is -0.136. The normalized spacial score (nSPS) is 45.8. The second-order valence-corrected chi connectivity index (χ2v) is 6.77. The van der Waals surface area contributed by atoms with Crippen molar-refractivity contribution in [3.8, 4) is 0 Å². The molecule has 4 atom stereocenters. The lowest BCUT2D eigenvalue weighted by atomic mass is 9.49. The van der Waals surface area contributed by atoms with Crippen LogP contribution in [0.15, 0.2) is 11.1 Å². The Balaban J connectivity index is 2.10. The molecule has 19 heavy (non-hydrogen) atoms. The molecule has 1 aliphatic heterocycles. The summed E-state index contributed by atoms with van der Waals surface area (Å²) in [6.07, 6.45) is 2.63. The summed E-state index contributed by atoms with van der Waals surface area (Å²) in [4.78, 5) is 11.8. The highest BCUT2D eigenvalue weighted by Gasteiger charge is 2.58. The third-order valence-electron chi connectivity index (χ3n) is 5.90. The van der Waals surface area contributed by atoms with Gasteiger partial charge in [-0.3, -0.25) is 0 Å². The van der Waals surface area contributed by atoms with Crippen LogP contribution in [0.4, 0.5) is 0 Å². The number of aliphatic hydroxyl groups is 2. The average molecular weight is 266 g/mol. The molecule has 0 bridgehead atoms. The number of fused-ring (bicyclic) bond motifs is 2. The van der Waals surface area contributed by atoms with Gasteiger partial charge in [-0.05, 0) is 42.6 Å². The number of hydrogen-bond donors (Lipinski definition) is 2. The van der Waals surface area contributed by atoms with Crippen LogP contribution in [0.25, 0.3) is 0 Å². The fourth-order valence-corrected chi connectivity index (χ4v) is 4.60. The number of hydrogen-bond acceptors (Lipinski definition) is 4. The van der Waals surface area contributed by atoms with Crippen molar-refractivity contribution in [3.05, 3.63) is 11.1 Å². The molecule has 0 radical (unpaired) electrons. The molecular weight excluding hydrogens is 244 g/mol. The summed E-state index contributed by atoms with van der Waals surface area (Å²) in [5.41, 5.74) is 1.17. The molecule has 3 rings (SSSR count). The first kappa shape index (κ1) is 13.1. The van der Waals surface area contributed by atoms with E-state index in [9.17, 15) is 15.0 Å². The van der Waals surface area contributed by atoms with Gasteiger partial charge in [-0.15, -0.1) is 0 Å². The summed E-state index contributed by atoms with van der Waals surface area (Å²) in [5.74, 6) is 0.000139. The molecule has 0 aromatic rings. The maximum atomic E-state index is 11.8. The summed E-state index contributed by atoms with van der Waals surface area (Å²) in [6.45, 7) is 4.61. The Kier molecular flexibility index (Phi) is 2.81. The van der Waals surface area contributed by atoms with Gasteiger partial charge in [0, 0.05) is 17.6 Å². The molecule has 2 N–H and O–H groups in total. The number of esters is 1. The van der Waals surface area contributed by atoms with E-state index >= 15 is 0 Å². The van der Waals surface area contributed by atoms with E-state index in [-0.39, 0.29) is 23.9 Å². The second kappa shape index (κ2) is 4.06. The van der Waals surface area contributed by atoms with Gasteiger partial charge in [-0.2, -0.15) is 0 Å². The van der Waals surface area contributed by atoms with Crippen LogP contribution in [0.5, 0.6) is 0 Å². The van der Waals surface area contributed by atoms with Gasteiger partial charge in [-0.1, -0.05) is 13.8 Å². The zero-order valence-corrected chi connectivity index (χ0v) is 11.6. The van der Waals surface area contributed by atoms with Crippen molar-refractivity contribution in [1.82, 2.24) is 0 Å². The maximum absolute atomic E-state index is 11.8. The van der Waals surface area contributed by atoms with Crippen LogP contribution in [0, 0.1) is 16.7 Å². The van der Waals surface area contributed by atoms with Crippen molar-refractivity contribution in [3.63, 3.8) is 0 Å². The topological polar surface area (TPSA) is 66.8 Å². The minimum absolute atomic E-state index is 0.136. The molecule has 0 saturated heterocycles. The molecule has 0 unspecified atom stereocenters. The Morgan fingerprint density at radius 1 is 1.37 bits per heavy atom. The standard InChI is InChI=1S/C15H22O4/c1-14(8-16)6-5-12(17)15(2)10-7-19-13(18)9(10)3-4-11(14)15/h11-12,16-17H,3-8H2,1-2H3/t11-,12+,14+,15+/m0/s1. The second-order valence-electron chi connectivity index (χ2n) is 6.77. The average Bonchev–Trinajstić information content (AvgIpc) is 2.78. The molecule has 106 valence electrons. The highest BCUT2D eigenvalue weighted by molar-refractivity contribution is 5.92. The predicted octanol–water partition coefficient (Wildman–Crippen LogP) is 1.41. The molecule has 0 amide bonds. The number of ether oxygens (including phenoxy) is 1. The molecular formula is C15H22O4. The number of carbonyl (C=O) groups excluding carboxylic acids is 1. The number of carbonyl (C=O) groups is 1. The van der Waals surface area contributed by atoms with E-state index in [2.05, 4.69) is 6.92 Å². The van der Waals surface area contributed by atoms with Crippen molar-refractivity contribution in [2.45, 2.75) is 45.6 Å². The zero-order valence-electron chi connectivity index (χ0n) is 11.6. The van der Waals surface area contributed by atoms with Gasteiger partial charge in [0.2, 0.25) is 0 Å². The Morgan fingerprint density at radius 2 is 2.11 bits per heavy atom. The van der Waals surface area contributed by atoms with Crippen LogP contribution < -0.4 is 0 Å². The first-order chi connectivity index (χ1) is 8.93. The molecule has 1 heterocycles. The van der Waals surface area contributed by atoms with E-state index < -0.39 is 11.5 Å². The van der Waals surface area contributed by atoms with Gasteiger partial charge in [0.05, 0.1) is 6.10 Å². The fourth-order valence-electron chi connectivity index (χ4n) is 4.60. The molecule has 1 saturated carbocycles. The van der Waals surface area contributed by atoms with Crippen LogP contribution in [0.2, 0.25) is 0 Å². The summed E-state index contributed by atoms with van der Waals surface area (Å²) in [6, 6.07) is 0. The number of cyclic esters (lactones) is 1. The van der Waals surface area contributed by atoms with Gasteiger partial charge >= 0.3 is 5.97 Å². The van der Waals surface area contributed by atoms with Crippen molar-refractivity contribution < 1.29 is 19.7 Å². The van der Waals surface area contributed by atoms with Gasteiger partial charge in [0.1, 0.15) is 6.61 Å². The summed E-state index contributed by atoms with van der Waals surface area (Å²) >= 11 is 0. The van der Waals surface area contributed by atoms with Crippen LogP contribution >= 0.6 is 0 Å². The van der Waals surface area contributed by atoms with Gasteiger partial charge in [-0.25, -0.2) is 4.79 Å². The van der Waals surface area contributed by atoms with Crippen molar-refractivity contribution >= 4 is 5.97 Å². The lowest BCUT2D eigenvalue weighted by Gasteiger charge is -2.56. The first-order valence-corrected chi connectivity index (χ1v) is 7.12. The first-order valence-electron chi connectivity index (χ1n) is 7.12. The lowest BCUT2D eigenvalue weighted by Crippen LogP contribution is -2.55. The molecule has 4 heteroatoms. The molecule has 0 aromatic heterocycles. The quantitative estimate of drug-likeness (QED) is 0.704. The Bertz CT molecular complexity index is 455. The SMILES string of the molecule is C[C@]1(CO)CC[C@@H](O)[C@]2(C)C3=C(CC[C@@H]12)C(=O)OC3. The third kappa shape index (κ3) is 1.56. The summed E-state index contributed by atoms with van der Waals surface area (Å²) < 4.78 is 5.18. The Labute approximate surface area is 113 Å². The van der Waals surface area contributed by atoms with Crippen LogP contribution in [-0.4, -0.2) is 35.5 Å². The smallest absolute Gasteiger partial charge is 0.334 e. The van der Waals surface area contributed by atoms with E-state index in [0.717, 1.165) is 30.4 Å². The van der Waals surface area contributed by atoms with Crippen molar-refractivity contribution in [2.75, 3.05) is 13.2 Å². The number of rotatable bonds is 1. The van der Waals surface area contributed by atoms with Gasteiger partial charge < -0.3 is 14.9 Å². The molecule has 3 aliphatic rings. The zero-order chi connectivity index (χ0) is 13.8. The van der Waals surface area contributed by atoms with Crippen LogP contribution in [0.1, 0.15) is 39.5 Å². The van der Waals surface area contributed by atoms with E-state index in [4.69, 9.17) is 4.74 Å². The molecule has 0 spiro atoms. The van der Waals surface area contributed by atoms with Crippen molar-refractivity contribution in [2.24, 2.45) is 16.7 Å². The molecule has 2 aliphatic carbocycles. The van der Waals surface area contributed by atoms with Crippen LogP contribution in [0.3, 0.4) is 0 Å². The van der Waals surface area contributed by atoms with E-state index in [1.54, 1.807) is 0 Å². The summed E-state index contributed by atoms with van der Waals surface area (Å²) in [5, 5.41) is 20.3. The maximum Gasteiger partial charge on any atom is 0.334 e. The highest BCUT2D eigenvalue weighted by Crippen LogP contribution is 2.60. The van der Waals surface area contributed by atoms with Crippen LogP contribution in [-0.2, 0) is 9.53 Å².